The van der Waals surface area contributed by atoms with Crippen molar-refractivity contribution in [3.05, 3.63) is 90.5 Å². The average Bonchev–Trinajstić information content (AvgIpc) is 2.89. The first kappa shape index (κ1) is 19.9. The highest BCUT2D eigenvalue weighted by Crippen LogP contribution is 2.48. The van der Waals surface area contributed by atoms with E-state index in [1.165, 1.54) is 13.4 Å². The van der Waals surface area contributed by atoms with Gasteiger partial charge in [-0.25, -0.2) is 13.2 Å². The van der Waals surface area contributed by atoms with Crippen molar-refractivity contribution in [2.24, 2.45) is 0 Å². The maximum atomic E-state index is 12.9. The summed E-state index contributed by atoms with van der Waals surface area (Å²) in [7, 11) is -1.96. The van der Waals surface area contributed by atoms with Gasteiger partial charge in [0.2, 0.25) is 0 Å². The molecule has 5 heteroatoms. The molecule has 2 aliphatic rings. The van der Waals surface area contributed by atoms with E-state index in [2.05, 4.69) is 0 Å². The Kier molecular flexibility index (Phi) is 5.14. The summed E-state index contributed by atoms with van der Waals surface area (Å²) in [4.78, 5) is 13.1. The summed E-state index contributed by atoms with van der Waals surface area (Å²) in [6.07, 6.45) is 1.17. The minimum absolute atomic E-state index is 0.231. The summed E-state index contributed by atoms with van der Waals surface area (Å²) in [6.45, 7) is 0. The first-order valence-electron chi connectivity index (χ1n) is 9.40. The Bertz CT molecular complexity index is 1290. The second kappa shape index (κ2) is 7.76. The molecular formula is C25H20O4S. The quantitative estimate of drug-likeness (QED) is 0.423. The molecule has 0 radical (unpaired) electrons. The number of hydrogen-bond donors (Lipinski definition) is 0. The Morgan fingerprint density at radius 1 is 0.700 bits per heavy atom. The zero-order valence-electron chi connectivity index (χ0n) is 16.6. The number of methoxy groups -OCH3 is 1. The van der Waals surface area contributed by atoms with Crippen molar-refractivity contribution in [2.45, 2.75) is 4.90 Å². The maximum Gasteiger partial charge on any atom is 0.339 e. The van der Waals surface area contributed by atoms with Crippen LogP contribution in [0, 0.1) is 0 Å². The fraction of sp³-hybridized carbons (Fsp3) is 0.0800. The molecule has 30 heavy (non-hydrogen) atoms. The molecule has 0 unspecified atom stereocenters. The highest BCUT2D eigenvalue weighted by molar-refractivity contribution is 7.90. The van der Waals surface area contributed by atoms with E-state index in [0.717, 1.165) is 33.4 Å². The molecule has 2 aromatic carbocycles. The molecule has 0 fully saturated rings. The Balaban J connectivity index is 2.11. The molecule has 0 spiro atoms. The van der Waals surface area contributed by atoms with Gasteiger partial charge in [-0.2, -0.15) is 0 Å². The Labute approximate surface area is 176 Å². The standard InChI is InChI=1S/C25H20O4S/c1-29-25(26)24-21-12-8-4-7-11-20(21)22(17-9-5-3-6-10-17)23(24)18-13-15-19(16-14-18)30(2,27)28/h3-16H,1-2H3. The Morgan fingerprint density at radius 2 is 1.23 bits per heavy atom. The van der Waals surface area contributed by atoms with Crippen molar-refractivity contribution >= 4 is 15.8 Å². The van der Waals surface area contributed by atoms with Crippen LogP contribution in [-0.2, 0) is 14.6 Å². The minimum atomic E-state index is -3.32. The average molecular weight is 416 g/mol. The number of fused-ring (bicyclic) bond motifs is 1. The zero-order chi connectivity index (χ0) is 21.3. The van der Waals surface area contributed by atoms with Crippen LogP contribution in [-0.4, -0.2) is 27.8 Å². The topological polar surface area (TPSA) is 60.4 Å². The summed E-state index contributed by atoms with van der Waals surface area (Å²) >= 11 is 0. The highest BCUT2D eigenvalue weighted by atomic mass is 32.2. The third kappa shape index (κ3) is 3.48. The van der Waals surface area contributed by atoms with Crippen LogP contribution in [0.15, 0.2) is 89.8 Å². The molecule has 0 aliphatic heterocycles. The predicted octanol–water partition coefficient (Wildman–Crippen LogP) is 5.32. The van der Waals surface area contributed by atoms with E-state index in [9.17, 15) is 13.2 Å². The Hall–Kier alpha value is -3.44. The van der Waals surface area contributed by atoms with E-state index in [-0.39, 0.29) is 4.90 Å². The van der Waals surface area contributed by atoms with E-state index >= 15 is 0 Å². The molecule has 0 heterocycles. The monoisotopic (exact) mass is 416 g/mol. The SMILES string of the molecule is COC(=O)c1c2cccccc-2c(-c2ccccc2)c1-c1ccc(S(C)(=O)=O)cc1. The van der Waals surface area contributed by atoms with Gasteiger partial charge in [-0.15, -0.1) is 0 Å². The van der Waals surface area contributed by atoms with E-state index in [1.807, 2.05) is 60.7 Å². The number of carbonyl (C=O) groups excluding carboxylic acids is 1. The van der Waals surface area contributed by atoms with Crippen molar-refractivity contribution in [3.63, 3.8) is 0 Å². The number of rotatable bonds is 4. The molecular weight excluding hydrogens is 396 g/mol. The van der Waals surface area contributed by atoms with Crippen LogP contribution in [0.25, 0.3) is 33.4 Å². The van der Waals surface area contributed by atoms with Crippen LogP contribution in [0.4, 0.5) is 0 Å². The van der Waals surface area contributed by atoms with Gasteiger partial charge >= 0.3 is 5.97 Å². The molecule has 2 aromatic rings. The fourth-order valence-electron chi connectivity index (χ4n) is 3.75. The van der Waals surface area contributed by atoms with Crippen molar-refractivity contribution < 1.29 is 17.9 Å². The van der Waals surface area contributed by atoms with Crippen LogP contribution in [0.3, 0.4) is 0 Å². The second-order valence-electron chi connectivity index (χ2n) is 7.02. The predicted molar refractivity (Wildman–Crippen MR) is 118 cm³/mol. The molecule has 0 bridgehead atoms. The maximum absolute atomic E-state index is 12.9. The van der Waals surface area contributed by atoms with Gasteiger partial charge in [0.25, 0.3) is 0 Å². The fourth-order valence-corrected chi connectivity index (χ4v) is 4.38. The molecule has 0 saturated heterocycles. The van der Waals surface area contributed by atoms with Crippen LogP contribution in [0.2, 0.25) is 0 Å². The molecule has 150 valence electrons. The Morgan fingerprint density at radius 3 is 1.80 bits per heavy atom. The van der Waals surface area contributed by atoms with Gasteiger partial charge in [0, 0.05) is 11.8 Å². The van der Waals surface area contributed by atoms with Crippen LogP contribution < -0.4 is 0 Å². The van der Waals surface area contributed by atoms with Gasteiger partial charge in [-0.3, -0.25) is 0 Å². The third-order valence-corrected chi connectivity index (χ3v) is 6.23. The van der Waals surface area contributed by atoms with Crippen molar-refractivity contribution in [1.82, 2.24) is 0 Å². The van der Waals surface area contributed by atoms with Crippen molar-refractivity contribution in [3.8, 4) is 33.4 Å². The lowest BCUT2D eigenvalue weighted by Gasteiger charge is -2.10. The first-order chi connectivity index (χ1) is 14.4. The number of sulfone groups is 1. The van der Waals surface area contributed by atoms with Gasteiger partial charge in [-0.1, -0.05) is 72.8 Å². The molecule has 0 aromatic heterocycles. The van der Waals surface area contributed by atoms with E-state index in [4.69, 9.17) is 4.74 Å². The summed E-state index contributed by atoms with van der Waals surface area (Å²) in [5.74, 6) is -0.435. The summed E-state index contributed by atoms with van der Waals surface area (Å²) in [6, 6.07) is 26.1. The highest BCUT2D eigenvalue weighted by Gasteiger charge is 2.29. The van der Waals surface area contributed by atoms with Crippen molar-refractivity contribution in [2.75, 3.05) is 13.4 Å². The van der Waals surface area contributed by atoms with Gasteiger partial charge in [-0.05, 0) is 39.9 Å². The number of hydrogen-bond acceptors (Lipinski definition) is 4. The number of ether oxygens (including phenoxy) is 1. The zero-order valence-corrected chi connectivity index (χ0v) is 17.4. The first-order valence-corrected chi connectivity index (χ1v) is 11.3. The summed E-state index contributed by atoms with van der Waals surface area (Å²) in [5.41, 5.74) is 5.53. The van der Waals surface area contributed by atoms with Gasteiger partial charge < -0.3 is 4.74 Å². The molecule has 0 amide bonds. The molecule has 4 rings (SSSR count). The van der Waals surface area contributed by atoms with Crippen molar-refractivity contribution in [1.29, 1.82) is 0 Å². The molecule has 2 aliphatic carbocycles. The molecule has 0 N–H and O–H groups in total. The number of benzene rings is 2. The molecule has 4 nitrogen and oxygen atoms in total. The van der Waals surface area contributed by atoms with E-state index < -0.39 is 15.8 Å². The van der Waals surface area contributed by atoms with Gasteiger partial charge in [0.05, 0.1) is 17.6 Å². The van der Waals surface area contributed by atoms with E-state index in [0.29, 0.717) is 5.56 Å². The summed E-state index contributed by atoms with van der Waals surface area (Å²) < 4.78 is 28.9. The normalized spacial score (nSPS) is 11.4. The van der Waals surface area contributed by atoms with Crippen LogP contribution in [0.1, 0.15) is 10.4 Å². The van der Waals surface area contributed by atoms with Crippen LogP contribution >= 0.6 is 0 Å². The summed E-state index contributed by atoms with van der Waals surface area (Å²) in [5, 5.41) is 0. The molecule has 0 atom stereocenters. The second-order valence-corrected chi connectivity index (χ2v) is 9.03. The number of carbonyl (C=O) groups is 1. The lowest BCUT2D eigenvalue weighted by atomic mass is 9.95. The van der Waals surface area contributed by atoms with Crippen LogP contribution in [0.5, 0.6) is 0 Å². The number of esters is 1. The van der Waals surface area contributed by atoms with Gasteiger partial charge in [0.15, 0.2) is 9.84 Å². The lowest BCUT2D eigenvalue weighted by molar-refractivity contribution is 0.0603. The lowest BCUT2D eigenvalue weighted by Crippen LogP contribution is -2.03. The minimum Gasteiger partial charge on any atom is -0.465 e. The van der Waals surface area contributed by atoms with Gasteiger partial charge in [0.1, 0.15) is 0 Å². The molecule has 0 saturated carbocycles. The third-order valence-electron chi connectivity index (χ3n) is 5.10. The van der Waals surface area contributed by atoms with E-state index in [1.54, 1.807) is 24.3 Å². The smallest absolute Gasteiger partial charge is 0.339 e. The largest absolute Gasteiger partial charge is 0.465 e.